The number of thioether (sulfide) groups is 2. The summed E-state index contributed by atoms with van der Waals surface area (Å²) >= 11 is 3.25. The third-order valence-corrected chi connectivity index (χ3v) is 10.6. The van der Waals surface area contributed by atoms with Gasteiger partial charge in [-0.2, -0.15) is 0 Å². The molecule has 10 nitrogen and oxygen atoms in total. The Hall–Kier alpha value is -5.46. The maximum Gasteiger partial charge on any atom is 0.166 e. The Bertz CT molecular complexity index is 2280. The maximum atomic E-state index is 5.51. The van der Waals surface area contributed by atoms with Crippen molar-refractivity contribution in [3.05, 3.63) is 120 Å². The molecule has 250 valence electrons. The average molecular weight is 699 g/mol. The highest BCUT2D eigenvalue weighted by atomic mass is 32.2. The zero-order valence-corrected chi connectivity index (χ0v) is 29.6. The van der Waals surface area contributed by atoms with Gasteiger partial charge in [-0.3, -0.25) is 9.97 Å². The van der Waals surface area contributed by atoms with E-state index in [2.05, 4.69) is 78.1 Å². The molecule has 0 aliphatic carbocycles. The van der Waals surface area contributed by atoms with Gasteiger partial charge in [0.15, 0.2) is 10.3 Å². The summed E-state index contributed by atoms with van der Waals surface area (Å²) < 4.78 is 15.3. The molecule has 6 heterocycles. The third kappa shape index (κ3) is 6.01. The van der Waals surface area contributed by atoms with E-state index in [0.717, 1.165) is 88.9 Å². The van der Waals surface area contributed by atoms with E-state index < -0.39 is 0 Å². The highest BCUT2D eigenvalue weighted by Gasteiger charge is 2.19. The SMILES string of the molecule is COc1ccnc(CSc2nc3cc(-n4cccc4)c(-c4cc5[nH]c(SCc6nccc(OC)c6C)nc5cc4-n4cccc4)cc3[nH]2)c1C. The van der Waals surface area contributed by atoms with Gasteiger partial charge in [0.05, 0.1) is 59.0 Å². The number of benzene rings is 2. The van der Waals surface area contributed by atoms with Crippen LogP contribution in [-0.4, -0.2) is 53.3 Å². The Morgan fingerprint density at radius 3 is 1.44 bits per heavy atom. The molecule has 0 unspecified atom stereocenters. The summed E-state index contributed by atoms with van der Waals surface area (Å²) in [6.07, 6.45) is 11.8. The summed E-state index contributed by atoms with van der Waals surface area (Å²) in [7, 11) is 3.37. The topological polar surface area (TPSA) is 111 Å². The van der Waals surface area contributed by atoms with Gasteiger partial charge in [-0.05, 0) is 74.5 Å². The quantitative estimate of drug-likeness (QED) is 0.129. The van der Waals surface area contributed by atoms with Crippen molar-refractivity contribution in [2.45, 2.75) is 35.7 Å². The number of rotatable bonds is 11. The summed E-state index contributed by atoms with van der Waals surface area (Å²) in [5.41, 5.74) is 11.9. The van der Waals surface area contributed by atoms with Crippen LogP contribution in [0.3, 0.4) is 0 Å². The second-order valence-electron chi connectivity index (χ2n) is 11.8. The van der Waals surface area contributed by atoms with Gasteiger partial charge < -0.3 is 28.6 Å². The molecule has 0 aliphatic rings. The monoisotopic (exact) mass is 698 g/mol. The van der Waals surface area contributed by atoms with E-state index >= 15 is 0 Å². The molecule has 12 heteroatoms. The average Bonchev–Trinajstić information content (AvgIpc) is 3.97. The van der Waals surface area contributed by atoms with Crippen molar-refractivity contribution in [3.63, 3.8) is 0 Å². The van der Waals surface area contributed by atoms with Crippen LogP contribution in [-0.2, 0) is 11.5 Å². The Morgan fingerprint density at radius 2 is 1.04 bits per heavy atom. The molecular formula is C38H34N8O2S2. The fourth-order valence-electron chi connectivity index (χ4n) is 6.16. The predicted molar refractivity (Wildman–Crippen MR) is 200 cm³/mol. The van der Waals surface area contributed by atoms with Crippen LogP contribution >= 0.6 is 23.5 Å². The number of fused-ring (bicyclic) bond motifs is 2. The second kappa shape index (κ2) is 13.4. The molecule has 2 N–H and O–H groups in total. The third-order valence-electron chi connectivity index (χ3n) is 8.86. The van der Waals surface area contributed by atoms with Crippen LogP contribution in [0.15, 0.2) is 108 Å². The van der Waals surface area contributed by atoms with Gasteiger partial charge in [-0.25, -0.2) is 9.97 Å². The first-order valence-corrected chi connectivity index (χ1v) is 18.0. The van der Waals surface area contributed by atoms with Crippen molar-refractivity contribution >= 4 is 45.6 Å². The highest BCUT2D eigenvalue weighted by Crippen LogP contribution is 2.38. The van der Waals surface area contributed by atoms with Crippen molar-refractivity contribution in [1.29, 1.82) is 0 Å². The maximum absolute atomic E-state index is 5.51. The first-order valence-electron chi connectivity index (χ1n) is 16.1. The number of H-pyrrole nitrogens is 2. The van der Waals surface area contributed by atoms with Crippen molar-refractivity contribution in [2.24, 2.45) is 0 Å². The van der Waals surface area contributed by atoms with E-state index in [4.69, 9.17) is 19.4 Å². The van der Waals surface area contributed by atoms with Crippen LogP contribution in [0, 0.1) is 13.8 Å². The summed E-state index contributed by atoms with van der Waals surface area (Å²) in [6.45, 7) is 4.07. The van der Waals surface area contributed by atoms with E-state index in [-0.39, 0.29) is 0 Å². The fourth-order valence-corrected chi connectivity index (χ4v) is 7.97. The van der Waals surface area contributed by atoms with Gasteiger partial charge in [0, 0.05) is 70.9 Å². The molecule has 0 saturated carbocycles. The number of aromatic amines is 2. The van der Waals surface area contributed by atoms with E-state index in [1.807, 2.05) is 50.2 Å². The van der Waals surface area contributed by atoms with Crippen LogP contribution in [0.25, 0.3) is 44.6 Å². The van der Waals surface area contributed by atoms with Crippen molar-refractivity contribution < 1.29 is 9.47 Å². The van der Waals surface area contributed by atoms with Crippen LogP contribution in [0.1, 0.15) is 22.5 Å². The molecular weight excluding hydrogens is 665 g/mol. The minimum absolute atomic E-state index is 0.669. The van der Waals surface area contributed by atoms with Crippen LogP contribution in [0.5, 0.6) is 11.5 Å². The fraction of sp³-hybridized carbons (Fsp3) is 0.158. The minimum atomic E-state index is 0.669. The Balaban J connectivity index is 1.19. The summed E-state index contributed by atoms with van der Waals surface area (Å²) in [6, 6.07) is 20.6. The van der Waals surface area contributed by atoms with Crippen LogP contribution < -0.4 is 9.47 Å². The van der Waals surface area contributed by atoms with Crippen molar-refractivity contribution in [2.75, 3.05) is 14.2 Å². The summed E-state index contributed by atoms with van der Waals surface area (Å²) in [4.78, 5) is 26.3. The Kier molecular flexibility index (Phi) is 8.55. The molecule has 0 spiro atoms. The van der Waals surface area contributed by atoms with Gasteiger partial charge in [-0.15, -0.1) is 0 Å². The largest absolute Gasteiger partial charge is 0.496 e. The molecule has 6 aromatic heterocycles. The second-order valence-corrected chi connectivity index (χ2v) is 13.7. The van der Waals surface area contributed by atoms with Crippen molar-refractivity contribution in [3.8, 4) is 34.0 Å². The zero-order valence-electron chi connectivity index (χ0n) is 28.0. The molecule has 2 aromatic carbocycles. The first-order chi connectivity index (χ1) is 24.5. The number of ether oxygens (including phenoxy) is 2. The lowest BCUT2D eigenvalue weighted by Gasteiger charge is -2.16. The molecule has 0 saturated heterocycles. The number of methoxy groups -OCH3 is 2. The van der Waals surface area contributed by atoms with Gasteiger partial charge in [0.2, 0.25) is 0 Å². The molecule has 0 radical (unpaired) electrons. The summed E-state index contributed by atoms with van der Waals surface area (Å²) in [5, 5.41) is 1.66. The smallest absolute Gasteiger partial charge is 0.166 e. The van der Waals surface area contributed by atoms with Crippen LogP contribution in [0.2, 0.25) is 0 Å². The van der Waals surface area contributed by atoms with Gasteiger partial charge in [0.25, 0.3) is 0 Å². The number of imidazole rings is 2. The molecule has 50 heavy (non-hydrogen) atoms. The Labute approximate surface area is 297 Å². The highest BCUT2D eigenvalue weighted by molar-refractivity contribution is 7.98. The molecule has 0 amide bonds. The normalized spacial score (nSPS) is 11.5. The molecule has 8 aromatic rings. The number of pyridine rings is 2. The first kappa shape index (κ1) is 31.8. The lowest BCUT2D eigenvalue weighted by atomic mass is 9.99. The minimum Gasteiger partial charge on any atom is -0.496 e. The van der Waals surface area contributed by atoms with E-state index in [1.165, 1.54) is 0 Å². The van der Waals surface area contributed by atoms with Gasteiger partial charge >= 0.3 is 0 Å². The molecule has 0 bridgehead atoms. The number of aromatic nitrogens is 8. The van der Waals surface area contributed by atoms with Crippen molar-refractivity contribution in [1.82, 2.24) is 39.0 Å². The number of hydrogen-bond donors (Lipinski definition) is 2. The number of nitrogens with zero attached hydrogens (tertiary/aromatic N) is 6. The lowest BCUT2D eigenvalue weighted by molar-refractivity contribution is 0.410. The van der Waals surface area contributed by atoms with Gasteiger partial charge in [-0.1, -0.05) is 23.5 Å². The Morgan fingerprint density at radius 1 is 0.620 bits per heavy atom. The molecule has 0 fully saturated rings. The predicted octanol–water partition coefficient (Wildman–Crippen LogP) is 8.70. The summed E-state index contributed by atoms with van der Waals surface area (Å²) in [5.74, 6) is 3.01. The molecule has 0 aliphatic heterocycles. The van der Waals surface area contributed by atoms with E-state index in [9.17, 15) is 0 Å². The lowest BCUT2D eigenvalue weighted by Crippen LogP contribution is -1.99. The van der Waals surface area contributed by atoms with E-state index in [0.29, 0.717) is 11.5 Å². The van der Waals surface area contributed by atoms with Gasteiger partial charge in [0.1, 0.15) is 11.5 Å². The standard InChI is InChI=1S/C38H34N8O2S2/c1-23-31(39-11-9-35(23)47-3)21-49-37-41-27-17-25(33(19-29(27)43-37)45-13-5-6-14-45)26-18-28-30(20-34(26)46-15-7-8-16-46)44-38(42-28)50-22-32-24(2)36(48-4)10-12-40-32/h5-20H,21-22H2,1-4H3,(H,41,43)(H,42,44). The number of hydrogen-bond acceptors (Lipinski definition) is 8. The molecule has 0 atom stereocenters. The zero-order chi connectivity index (χ0) is 34.2. The number of nitrogens with one attached hydrogen (secondary N) is 2. The van der Waals surface area contributed by atoms with E-state index in [1.54, 1.807) is 50.1 Å². The van der Waals surface area contributed by atoms with Crippen LogP contribution in [0.4, 0.5) is 0 Å². The molecule has 8 rings (SSSR count).